The summed E-state index contributed by atoms with van der Waals surface area (Å²) in [7, 11) is 0. The van der Waals surface area contributed by atoms with Gasteiger partial charge in [-0.25, -0.2) is 19.9 Å². The number of para-hydroxylation sites is 1. The van der Waals surface area contributed by atoms with Crippen molar-refractivity contribution in [3.8, 4) is 45.0 Å². The summed E-state index contributed by atoms with van der Waals surface area (Å²) in [5, 5.41) is 6.71. The third-order valence-electron chi connectivity index (χ3n) is 9.61. The van der Waals surface area contributed by atoms with Gasteiger partial charge in [0.05, 0.1) is 44.8 Å². The average Bonchev–Trinajstić information content (AvgIpc) is 3.19. The topological polar surface area (TPSA) is 51.6 Å². The van der Waals surface area contributed by atoms with Crippen LogP contribution in [0.4, 0.5) is 0 Å². The van der Waals surface area contributed by atoms with Crippen LogP contribution in [0.2, 0.25) is 0 Å². The van der Waals surface area contributed by atoms with Crippen LogP contribution in [0, 0.1) is 0 Å². The minimum absolute atomic E-state index is 0.912. The molecule has 10 rings (SSSR count). The molecular formula is C46H28N4. The van der Waals surface area contributed by atoms with Crippen LogP contribution in [-0.2, 0) is 0 Å². The second kappa shape index (κ2) is 11.4. The summed E-state index contributed by atoms with van der Waals surface area (Å²) in [5.41, 5.74) is 11.8. The summed E-state index contributed by atoms with van der Waals surface area (Å²) in [5.74, 6) is 0. The molecule has 10 aromatic rings. The lowest BCUT2D eigenvalue weighted by atomic mass is 10.00. The van der Waals surface area contributed by atoms with Gasteiger partial charge in [-0.3, -0.25) is 0 Å². The van der Waals surface area contributed by atoms with E-state index in [0.29, 0.717) is 0 Å². The molecule has 0 saturated heterocycles. The van der Waals surface area contributed by atoms with Crippen molar-refractivity contribution in [3.05, 3.63) is 170 Å². The first-order valence-corrected chi connectivity index (χ1v) is 16.8. The monoisotopic (exact) mass is 636 g/mol. The summed E-state index contributed by atoms with van der Waals surface area (Å²) < 4.78 is 0. The molecule has 0 atom stereocenters. The van der Waals surface area contributed by atoms with Crippen LogP contribution in [0.25, 0.3) is 99.4 Å². The summed E-state index contributed by atoms with van der Waals surface area (Å²) in [4.78, 5) is 20.3. The van der Waals surface area contributed by atoms with Gasteiger partial charge in [-0.1, -0.05) is 121 Å². The van der Waals surface area contributed by atoms with E-state index in [0.717, 1.165) is 99.4 Å². The van der Waals surface area contributed by atoms with Crippen molar-refractivity contribution in [3.63, 3.8) is 0 Å². The summed E-state index contributed by atoms with van der Waals surface area (Å²) in [6.45, 7) is 0. The standard InChI is InChI=1S/C46H28N4/c1-2-6-29(7-3-1)40-24-20-32-11-12-33-21-25-43(50-46(33)45(32)49-40)37-17-14-34-26-36(16-13-35(34)27-37)41-23-19-31-10-15-38(28-44(31)48-41)42-22-18-30-8-4-5-9-39(30)47-42/h1-28H. The number of benzene rings is 6. The smallest absolute Gasteiger partial charge is 0.0972 e. The first-order chi connectivity index (χ1) is 24.7. The van der Waals surface area contributed by atoms with Crippen molar-refractivity contribution >= 4 is 54.4 Å². The van der Waals surface area contributed by atoms with Crippen LogP contribution >= 0.6 is 0 Å². The van der Waals surface area contributed by atoms with Crippen molar-refractivity contribution in [1.82, 2.24) is 19.9 Å². The van der Waals surface area contributed by atoms with Gasteiger partial charge in [-0.2, -0.15) is 0 Å². The van der Waals surface area contributed by atoms with Gasteiger partial charge in [-0.05, 0) is 59.3 Å². The highest BCUT2D eigenvalue weighted by atomic mass is 14.8. The third-order valence-corrected chi connectivity index (χ3v) is 9.61. The number of nitrogens with zero attached hydrogens (tertiary/aromatic N) is 4. The minimum Gasteiger partial charge on any atom is -0.248 e. The van der Waals surface area contributed by atoms with Crippen LogP contribution in [0.15, 0.2) is 170 Å². The number of rotatable bonds is 4. The molecule has 0 N–H and O–H groups in total. The number of aromatic nitrogens is 4. The SMILES string of the molecule is c1ccc(-c2ccc3ccc4ccc(-c5ccc6cc(-c7ccc8ccc(-c9ccc%10ccccc%10n9)cc8n7)ccc6c5)nc4c3n2)cc1. The van der Waals surface area contributed by atoms with Crippen molar-refractivity contribution in [2.24, 2.45) is 0 Å². The van der Waals surface area contributed by atoms with Crippen LogP contribution in [0.1, 0.15) is 0 Å². The van der Waals surface area contributed by atoms with Crippen LogP contribution in [0.3, 0.4) is 0 Å². The van der Waals surface area contributed by atoms with Gasteiger partial charge in [0.2, 0.25) is 0 Å². The van der Waals surface area contributed by atoms with Crippen molar-refractivity contribution in [2.75, 3.05) is 0 Å². The van der Waals surface area contributed by atoms with E-state index < -0.39 is 0 Å². The molecule has 0 spiro atoms. The molecule has 50 heavy (non-hydrogen) atoms. The molecule has 0 aliphatic heterocycles. The molecule has 0 unspecified atom stereocenters. The lowest BCUT2D eigenvalue weighted by Crippen LogP contribution is -1.91. The van der Waals surface area contributed by atoms with Gasteiger partial charge >= 0.3 is 0 Å². The first kappa shape index (κ1) is 28.3. The highest BCUT2D eigenvalue weighted by Crippen LogP contribution is 2.32. The average molecular weight is 637 g/mol. The molecule has 4 heteroatoms. The molecule has 0 radical (unpaired) electrons. The van der Waals surface area contributed by atoms with Gasteiger partial charge in [0.1, 0.15) is 0 Å². The van der Waals surface area contributed by atoms with Crippen LogP contribution in [0.5, 0.6) is 0 Å². The quantitative estimate of drug-likeness (QED) is 0.180. The number of hydrogen-bond acceptors (Lipinski definition) is 4. The van der Waals surface area contributed by atoms with Crippen molar-refractivity contribution < 1.29 is 0 Å². The molecular weight excluding hydrogens is 609 g/mol. The van der Waals surface area contributed by atoms with E-state index in [9.17, 15) is 0 Å². The number of fused-ring (bicyclic) bond motifs is 6. The predicted molar refractivity (Wildman–Crippen MR) is 207 cm³/mol. The Morgan fingerprint density at radius 2 is 0.660 bits per heavy atom. The van der Waals surface area contributed by atoms with E-state index >= 15 is 0 Å². The Morgan fingerprint density at radius 1 is 0.240 bits per heavy atom. The normalized spacial score (nSPS) is 11.6. The largest absolute Gasteiger partial charge is 0.248 e. The Morgan fingerprint density at radius 3 is 1.30 bits per heavy atom. The highest BCUT2D eigenvalue weighted by Gasteiger charge is 2.11. The van der Waals surface area contributed by atoms with E-state index in [2.05, 4.69) is 140 Å². The van der Waals surface area contributed by atoms with Gasteiger partial charge in [-0.15, -0.1) is 0 Å². The second-order valence-corrected chi connectivity index (χ2v) is 12.7. The van der Waals surface area contributed by atoms with Crippen LogP contribution < -0.4 is 0 Å². The zero-order valence-electron chi connectivity index (χ0n) is 27.0. The zero-order valence-corrected chi connectivity index (χ0v) is 27.0. The lowest BCUT2D eigenvalue weighted by Gasteiger charge is -2.10. The van der Waals surface area contributed by atoms with E-state index in [4.69, 9.17) is 19.9 Å². The van der Waals surface area contributed by atoms with Crippen LogP contribution in [-0.4, -0.2) is 19.9 Å². The molecule has 0 amide bonds. The van der Waals surface area contributed by atoms with Gasteiger partial charge < -0.3 is 0 Å². The van der Waals surface area contributed by atoms with Crippen molar-refractivity contribution in [2.45, 2.75) is 0 Å². The maximum absolute atomic E-state index is 5.18. The minimum atomic E-state index is 0.912. The fourth-order valence-corrected chi connectivity index (χ4v) is 6.93. The first-order valence-electron chi connectivity index (χ1n) is 16.8. The maximum atomic E-state index is 5.18. The Bertz CT molecular complexity index is 2930. The number of pyridine rings is 4. The van der Waals surface area contributed by atoms with E-state index in [1.54, 1.807) is 0 Å². The van der Waals surface area contributed by atoms with Gasteiger partial charge in [0, 0.05) is 43.8 Å². The lowest BCUT2D eigenvalue weighted by molar-refractivity contribution is 1.37. The Balaban J connectivity index is 0.994. The zero-order chi connectivity index (χ0) is 33.0. The Kier molecular flexibility index (Phi) is 6.46. The van der Waals surface area contributed by atoms with Gasteiger partial charge in [0.15, 0.2) is 0 Å². The maximum Gasteiger partial charge on any atom is 0.0972 e. The highest BCUT2D eigenvalue weighted by molar-refractivity contribution is 6.04. The molecule has 0 bridgehead atoms. The molecule has 232 valence electrons. The molecule has 0 fully saturated rings. The predicted octanol–water partition coefficient (Wildman–Crippen LogP) is 11.7. The summed E-state index contributed by atoms with van der Waals surface area (Å²) in [6, 6.07) is 59.2. The molecule has 0 aliphatic carbocycles. The summed E-state index contributed by atoms with van der Waals surface area (Å²) in [6.07, 6.45) is 0. The van der Waals surface area contributed by atoms with E-state index in [-0.39, 0.29) is 0 Å². The summed E-state index contributed by atoms with van der Waals surface area (Å²) >= 11 is 0. The molecule has 4 aromatic heterocycles. The fraction of sp³-hybridized carbons (Fsp3) is 0. The Labute approximate surface area is 288 Å². The third kappa shape index (κ3) is 4.94. The molecule has 4 heterocycles. The van der Waals surface area contributed by atoms with E-state index in [1.807, 2.05) is 30.3 Å². The Hall–Kier alpha value is -6.78. The second-order valence-electron chi connectivity index (χ2n) is 12.7. The number of hydrogen-bond donors (Lipinski definition) is 0. The fourth-order valence-electron chi connectivity index (χ4n) is 6.93. The molecule has 4 nitrogen and oxygen atoms in total. The van der Waals surface area contributed by atoms with Gasteiger partial charge in [0.25, 0.3) is 0 Å². The molecule has 0 saturated carbocycles. The molecule has 6 aromatic carbocycles. The molecule has 0 aliphatic rings. The van der Waals surface area contributed by atoms with E-state index in [1.165, 1.54) is 0 Å². The van der Waals surface area contributed by atoms with Crippen molar-refractivity contribution in [1.29, 1.82) is 0 Å².